The van der Waals surface area contributed by atoms with Crippen LogP contribution < -0.4 is 0 Å². The number of hydrogen-bond donors (Lipinski definition) is 0. The highest BCUT2D eigenvalue weighted by Crippen LogP contribution is 2.38. The smallest absolute Gasteiger partial charge is 0.0588 e. The molecule has 0 amide bonds. The number of thioether (sulfide) groups is 1. The van der Waals surface area contributed by atoms with E-state index in [0.717, 1.165) is 15.3 Å². The molecule has 2 aromatic rings. The Morgan fingerprint density at radius 1 is 1.50 bits per heavy atom. The van der Waals surface area contributed by atoms with Gasteiger partial charge < -0.3 is 0 Å². The van der Waals surface area contributed by atoms with Crippen LogP contribution in [0, 0.1) is 0 Å². The van der Waals surface area contributed by atoms with Crippen LogP contribution in [0.5, 0.6) is 0 Å². The Morgan fingerprint density at radius 3 is 2.93 bits per heavy atom. The van der Waals surface area contributed by atoms with Crippen molar-refractivity contribution in [3.63, 3.8) is 0 Å². The monoisotopic (exact) mass is 262 g/mol. The van der Waals surface area contributed by atoms with Crippen molar-refractivity contribution in [1.29, 1.82) is 0 Å². The van der Waals surface area contributed by atoms with E-state index in [1.165, 1.54) is 10.3 Å². The van der Waals surface area contributed by atoms with E-state index in [1.54, 1.807) is 23.1 Å². The molecule has 0 radical (unpaired) electrons. The zero-order valence-corrected chi connectivity index (χ0v) is 10.7. The molecule has 74 valence electrons. The van der Waals surface area contributed by atoms with Crippen LogP contribution in [-0.2, 0) is 5.88 Å². The second-order valence-corrected chi connectivity index (χ2v) is 5.25. The molecule has 0 unspecified atom stereocenters. The molecule has 0 aliphatic rings. The van der Waals surface area contributed by atoms with Gasteiger partial charge in [0.1, 0.15) is 0 Å². The van der Waals surface area contributed by atoms with Crippen LogP contribution >= 0.6 is 46.3 Å². The molecule has 14 heavy (non-hydrogen) atoms. The molecule has 0 fully saturated rings. The highest BCUT2D eigenvalue weighted by molar-refractivity contribution is 7.98. The van der Waals surface area contributed by atoms with Crippen LogP contribution in [0.25, 0.3) is 10.1 Å². The molecule has 1 heterocycles. The minimum Gasteiger partial charge on any atom is -0.142 e. The van der Waals surface area contributed by atoms with Gasteiger partial charge >= 0.3 is 0 Å². The van der Waals surface area contributed by atoms with Crippen molar-refractivity contribution in [2.45, 2.75) is 10.8 Å². The molecule has 0 spiro atoms. The van der Waals surface area contributed by atoms with Crippen LogP contribution in [0.15, 0.2) is 22.4 Å². The number of benzene rings is 1. The average molecular weight is 263 g/mol. The van der Waals surface area contributed by atoms with Gasteiger partial charge in [-0.2, -0.15) is 0 Å². The van der Waals surface area contributed by atoms with Gasteiger partial charge in [0.25, 0.3) is 0 Å². The summed E-state index contributed by atoms with van der Waals surface area (Å²) in [6.45, 7) is 0. The first-order valence-electron chi connectivity index (χ1n) is 4.06. The molecule has 0 aliphatic carbocycles. The summed E-state index contributed by atoms with van der Waals surface area (Å²) in [5.41, 5.74) is 1.12. The summed E-state index contributed by atoms with van der Waals surface area (Å²) in [4.78, 5) is 1.25. The summed E-state index contributed by atoms with van der Waals surface area (Å²) in [7, 11) is 0. The van der Waals surface area contributed by atoms with Gasteiger partial charge in [-0.1, -0.05) is 11.6 Å². The molecule has 0 nitrogen and oxygen atoms in total. The minimum absolute atomic E-state index is 0.516. The summed E-state index contributed by atoms with van der Waals surface area (Å²) in [5.74, 6) is 0.516. The molecule has 0 aliphatic heterocycles. The molecule has 4 heteroatoms. The fourth-order valence-corrected chi connectivity index (χ4v) is 3.78. The van der Waals surface area contributed by atoms with E-state index in [0.29, 0.717) is 5.88 Å². The standard InChI is InChI=1S/C10H8Cl2S2/c1-13-9-6(5-11)4-8(12)10-7(9)2-3-14-10/h2-4H,5H2,1H3. The van der Waals surface area contributed by atoms with E-state index in [9.17, 15) is 0 Å². The van der Waals surface area contributed by atoms with Crippen LogP contribution in [-0.4, -0.2) is 6.26 Å². The van der Waals surface area contributed by atoms with Crippen molar-refractivity contribution < 1.29 is 0 Å². The largest absolute Gasteiger partial charge is 0.142 e. The van der Waals surface area contributed by atoms with Crippen molar-refractivity contribution in [1.82, 2.24) is 0 Å². The van der Waals surface area contributed by atoms with E-state index in [2.05, 4.69) is 17.7 Å². The van der Waals surface area contributed by atoms with Crippen LogP contribution in [0.1, 0.15) is 5.56 Å². The zero-order chi connectivity index (χ0) is 10.1. The first kappa shape index (κ1) is 10.6. The molecule has 0 atom stereocenters. The maximum atomic E-state index is 6.15. The van der Waals surface area contributed by atoms with Crippen LogP contribution in [0.3, 0.4) is 0 Å². The summed E-state index contributed by atoms with van der Waals surface area (Å²) >= 11 is 15.4. The molecule has 0 saturated heterocycles. The third-order valence-electron chi connectivity index (χ3n) is 2.07. The maximum absolute atomic E-state index is 6.15. The van der Waals surface area contributed by atoms with Crippen molar-refractivity contribution in [2.75, 3.05) is 6.26 Å². The number of thiophene rings is 1. The molecule has 0 N–H and O–H groups in total. The summed E-state index contributed by atoms with van der Waals surface area (Å²) < 4.78 is 1.16. The topological polar surface area (TPSA) is 0 Å². The lowest BCUT2D eigenvalue weighted by Gasteiger charge is -2.07. The van der Waals surface area contributed by atoms with Crippen LogP contribution in [0.2, 0.25) is 5.02 Å². The predicted octanol–water partition coefficient (Wildman–Crippen LogP) is 5.02. The Balaban J connectivity index is 2.82. The molecular formula is C10H8Cl2S2. The Kier molecular flexibility index (Phi) is 3.27. The second kappa shape index (κ2) is 4.31. The van der Waals surface area contributed by atoms with Gasteiger partial charge in [-0.15, -0.1) is 34.7 Å². The predicted molar refractivity (Wildman–Crippen MR) is 68.2 cm³/mol. The SMILES string of the molecule is CSc1c(CCl)cc(Cl)c2sccc12. The lowest BCUT2D eigenvalue weighted by Crippen LogP contribution is -1.84. The summed E-state index contributed by atoms with van der Waals surface area (Å²) in [5, 5.41) is 4.10. The fraction of sp³-hybridized carbons (Fsp3) is 0.200. The first-order valence-corrected chi connectivity index (χ1v) is 7.08. The van der Waals surface area contributed by atoms with Crippen molar-refractivity contribution in [3.05, 3.63) is 28.1 Å². The Morgan fingerprint density at radius 2 is 2.29 bits per heavy atom. The molecule has 1 aromatic heterocycles. The number of halogens is 2. The van der Waals surface area contributed by atoms with Gasteiger partial charge in [0.05, 0.1) is 9.72 Å². The Bertz CT molecular complexity index is 462. The van der Waals surface area contributed by atoms with Gasteiger partial charge in [0.15, 0.2) is 0 Å². The Labute approximate surface area is 101 Å². The first-order chi connectivity index (χ1) is 6.77. The van der Waals surface area contributed by atoms with Gasteiger partial charge in [-0.25, -0.2) is 0 Å². The maximum Gasteiger partial charge on any atom is 0.0588 e. The van der Waals surface area contributed by atoms with E-state index in [-0.39, 0.29) is 0 Å². The number of rotatable bonds is 2. The lowest BCUT2D eigenvalue weighted by atomic mass is 10.2. The van der Waals surface area contributed by atoms with Crippen molar-refractivity contribution in [2.24, 2.45) is 0 Å². The molecule has 0 bridgehead atoms. The number of fused-ring (bicyclic) bond motifs is 1. The van der Waals surface area contributed by atoms with Crippen molar-refractivity contribution >= 4 is 56.4 Å². The Hall–Kier alpha value is 0.110. The van der Waals surface area contributed by atoms with Crippen molar-refractivity contribution in [3.8, 4) is 0 Å². The highest BCUT2D eigenvalue weighted by Gasteiger charge is 2.10. The third kappa shape index (κ3) is 1.65. The van der Waals surface area contributed by atoms with E-state index in [1.807, 2.05) is 6.07 Å². The van der Waals surface area contributed by atoms with E-state index in [4.69, 9.17) is 23.2 Å². The normalized spacial score (nSPS) is 11.1. The number of alkyl halides is 1. The van der Waals surface area contributed by atoms with E-state index >= 15 is 0 Å². The quantitative estimate of drug-likeness (QED) is 0.541. The van der Waals surface area contributed by atoms with Crippen LogP contribution in [0.4, 0.5) is 0 Å². The zero-order valence-electron chi connectivity index (χ0n) is 7.51. The minimum atomic E-state index is 0.516. The summed E-state index contributed by atoms with van der Waals surface area (Å²) in [6, 6.07) is 4.08. The molecular weight excluding hydrogens is 255 g/mol. The van der Waals surface area contributed by atoms with Gasteiger partial charge in [-0.3, -0.25) is 0 Å². The number of hydrogen-bond acceptors (Lipinski definition) is 2. The third-order valence-corrected chi connectivity index (χ3v) is 4.60. The molecule has 1 aromatic carbocycles. The fourth-order valence-electron chi connectivity index (χ4n) is 1.47. The van der Waals surface area contributed by atoms with Gasteiger partial charge in [0.2, 0.25) is 0 Å². The van der Waals surface area contributed by atoms with Gasteiger partial charge in [-0.05, 0) is 29.3 Å². The second-order valence-electron chi connectivity index (χ2n) is 2.85. The summed E-state index contributed by atoms with van der Waals surface area (Å²) in [6.07, 6.45) is 2.07. The van der Waals surface area contributed by atoms with E-state index < -0.39 is 0 Å². The lowest BCUT2D eigenvalue weighted by molar-refractivity contribution is 1.31. The molecule has 2 rings (SSSR count). The average Bonchev–Trinajstić information content (AvgIpc) is 2.66. The molecule has 0 saturated carbocycles. The highest BCUT2D eigenvalue weighted by atomic mass is 35.5. The van der Waals surface area contributed by atoms with Gasteiger partial charge in [0, 0.05) is 16.2 Å².